The van der Waals surface area contributed by atoms with Crippen molar-refractivity contribution in [1.82, 2.24) is 25.0 Å². The molecule has 1 fully saturated rings. The minimum atomic E-state index is 0.160. The lowest BCUT2D eigenvalue weighted by atomic mass is 10.1. The monoisotopic (exact) mass is 460 g/mol. The van der Waals surface area contributed by atoms with Crippen LogP contribution in [-0.4, -0.2) is 56.2 Å². The molecule has 170 valence electrons. The van der Waals surface area contributed by atoms with Crippen molar-refractivity contribution in [3.05, 3.63) is 65.5 Å². The van der Waals surface area contributed by atoms with Crippen LogP contribution in [0.5, 0.6) is 0 Å². The van der Waals surface area contributed by atoms with Crippen molar-refractivity contribution in [2.75, 3.05) is 13.1 Å². The highest BCUT2D eigenvalue weighted by Crippen LogP contribution is 2.25. The van der Waals surface area contributed by atoms with Crippen LogP contribution >= 0.6 is 11.8 Å². The zero-order chi connectivity index (χ0) is 23.5. The first kappa shape index (κ1) is 22.9. The van der Waals surface area contributed by atoms with Crippen LogP contribution in [0.3, 0.4) is 0 Å². The van der Waals surface area contributed by atoms with E-state index in [2.05, 4.69) is 34.1 Å². The summed E-state index contributed by atoms with van der Waals surface area (Å²) < 4.78 is 1.32. The molecule has 1 saturated heterocycles. The van der Waals surface area contributed by atoms with E-state index in [1.807, 2.05) is 37.4 Å². The lowest BCUT2D eigenvalue weighted by Gasteiger charge is -2.42. The van der Waals surface area contributed by atoms with Crippen LogP contribution < -0.4 is 10.8 Å². The topological polar surface area (TPSA) is 118 Å². The molecule has 3 aromatic rings. The highest BCUT2D eigenvalue weighted by atomic mass is 32.2. The molecule has 0 saturated carbocycles. The number of nitrogens with one attached hydrogen (secondary N) is 4. The van der Waals surface area contributed by atoms with E-state index in [0.29, 0.717) is 12.1 Å². The van der Waals surface area contributed by atoms with Gasteiger partial charge in [-0.1, -0.05) is 11.8 Å². The second kappa shape index (κ2) is 9.68. The smallest absolute Gasteiger partial charge is 0.188 e. The molecule has 0 unspecified atom stereocenters. The van der Waals surface area contributed by atoms with Crippen LogP contribution in [0.1, 0.15) is 25.1 Å². The highest BCUT2D eigenvalue weighted by molar-refractivity contribution is 8.13. The van der Waals surface area contributed by atoms with Gasteiger partial charge in [0, 0.05) is 59.2 Å². The first-order valence-corrected chi connectivity index (χ1v) is 11.6. The normalized spacial score (nSPS) is 15.0. The molecule has 0 atom stereocenters. The summed E-state index contributed by atoms with van der Waals surface area (Å²) in [6.45, 7) is 8.26. The summed E-state index contributed by atoms with van der Waals surface area (Å²) in [4.78, 5) is 7.83. The lowest BCUT2D eigenvalue weighted by Crippen LogP contribution is -2.58. The van der Waals surface area contributed by atoms with Gasteiger partial charge in [-0.15, -0.1) is 0 Å². The van der Waals surface area contributed by atoms with E-state index < -0.39 is 0 Å². The Morgan fingerprint density at radius 1 is 1.21 bits per heavy atom. The largest absolute Gasteiger partial charge is 0.385 e. The number of hydrogen-bond acceptors (Lipinski definition) is 8. The van der Waals surface area contributed by atoms with E-state index in [1.165, 1.54) is 22.7 Å². The number of pyridine rings is 1. The fourth-order valence-electron chi connectivity index (χ4n) is 3.61. The molecule has 1 aromatic carbocycles. The number of allylic oxidation sites excluding steroid dienone is 1. The van der Waals surface area contributed by atoms with Crippen LogP contribution in [0.25, 0.3) is 16.5 Å². The zero-order valence-electron chi connectivity index (χ0n) is 19.0. The van der Waals surface area contributed by atoms with E-state index in [-0.39, 0.29) is 10.7 Å². The molecule has 0 radical (unpaired) electrons. The number of nitrogens with zero attached hydrogens (tertiary/aromatic N) is 4. The first-order valence-electron chi connectivity index (χ1n) is 10.8. The summed E-state index contributed by atoms with van der Waals surface area (Å²) >= 11 is 1.24. The summed E-state index contributed by atoms with van der Waals surface area (Å²) in [5.41, 5.74) is 3.41. The van der Waals surface area contributed by atoms with Gasteiger partial charge in [-0.25, -0.2) is 0 Å². The molecule has 0 amide bonds. The molecule has 8 nitrogen and oxygen atoms in total. The predicted molar refractivity (Wildman–Crippen MR) is 134 cm³/mol. The molecule has 33 heavy (non-hydrogen) atoms. The Balaban J connectivity index is 1.52. The molecule has 1 aliphatic heterocycles. The number of benzene rings is 1. The lowest BCUT2D eigenvalue weighted by molar-refractivity contribution is 0.0996. The second-order valence-corrected chi connectivity index (χ2v) is 9.47. The van der Waals surface area contributed by atoms with Gasteiger partial charge in [0.25, 0.3) is 0 Å². The maximum Gasteiger partial charge on any atom is 0.188 e. The standard InChI is InChI=1S/C24H28N8S/c1-15(2)31-13-20(14-31)28-12-19(10-25)18-8-17-9-21(5-6-22(17)29-11-18)33-24(27)32-23(26)7-4-16(3)30-32/h4-12,15,20,25-28H,13-14H2,1-3H3/b19-12+,25-10?,26-23?,27-24?. The van der Waals surface area contributed by atoms with Gasteiger partial charge >= 0.3 is 0 Å². The minimum Gasteiger partial charge on any atom is -0.385 e. The molecule has 4 rings (SSSR count). The Labute approximate surface area is 197 Å². The van der Waals surface area contributed by atoms with Crippen molar-refractivity contribution < 1.29 is 0 Å². The number of aromatic nitrogens is 3. The number of likely N-dealkylation sites (tertiary alicyclic amines) is 1. The summed E-state index contributed by atoms with van der Waals surface area (Å²) in [7, 11) is 0. The van der Waals surface area contributed by atoms with Gasteiger partial charge in [-0.05, 0) is 57.2 Å². The van der Waals surface area contributed by atoms with Crippen LogP contribution in [0.2, 0.25) is 0 Å². The number of fused-ring (bicyclic) bond motifs is 1. The Morgan fingerprint density at radius 3 is 2.73 bits per heavy atom. The van der Waals surface area contributed by atoms with E-state index in [9.17, 15) is 0 Å². The fraction of sp³-hybridized carbons (Fsp3) is 0.292. The maximum atomic E-state index is 8.39. The van der Waals surface area contributed by atoms with Gasteiger partial charge in [-0.2, -0.15) is 9.78 Å². The minimum absolute atomic E-state index is 0.160. The SMILES string of the molecule is Cc1ccc(=N)n(C(=N)Sc2ccc3ncc(/C(C=N)=C/NC4CN(C(C)C)C4)cc3c2)n1. The van der Waals surface area contributed by atoms with Gasteiger partial charge in [0.05, 0.1) is 17.3 Å². The van der Waals surface area contributed by atoms with Crippen molar-refractivity contribution in [2.24, 2.45) is 0 Å². The Bertz CT molecular complexity index is 1290. The number of rotatable bonds is 6. The Hall–Kier alpha value is -3.30. The zero-order valence-corrected chi connectivity index (χ0v) is 19.8. The van der Waals surface area contributed by atoms with E-state index in [0.717, 1.165) is 45.7 Å². The average molecular weight is 461 g/mol. The third-order valence-electron chi connectivity index (χ3n) is 5.63. The summed E-state index contributed by atoms with van der Waals surface area (Å²) in [5, 5.41) is 33.1. The summed E-state index contributed by atoms with van der Waals surface area (Å²) in [6.07, 6.45) is 5.04. The maximum absolute atomic E-state index is 8.39. The van der Waals surface area contributed by atoms with Crippen molar-refractivity contribution in [3.63, 3.8) is 0 Å². The number of aryl methyl sites for hydroxylation is 1. The molecule has 0 bridgehead atoms. The quantitative estimate of drug-likeness (QED) is 0.255. The van der Waals surface area contributed by atoms with Gasteiger partial charge < -0.3 is 10.7 Å². The third-order valence-corrected chi connectivity index (χ3v) is 6.49. The average Bonchev–Trinajstić information content (AvgIpc) is 2.76. The third kappa shape index (κ3) is 5.20. The van der Waals surface area contributed by atoms with Crippen LogP contribution in [0.4, 0.5) is 0 Å². The van der Waals surface area contributed by atoms with Gasteiger partial charge in [0.15, 0.2) is 5.17 Å². The molecular formula is C24H28N8S. The molecule has 9 heteroatoms. The van der Waals surface area contributed by atoms with Crippen molar-refractivity contribution in [3.8, 4) is 0 Å². The number of hydrogen-bond donors (Lipinski definition) is 4. The van der Waals surface area contributed by atoms with Crippen molar-refractivity contribution >= 4 is 39.6 Å². The van der Waals surface area contributed by atoms with Crippen molar-refractivity contribution in [1.29, 1.82) is 16.2 Å². The van der Waals surface area contributed by atoms with Gasteiger partial charge in [0.1, 0.15) is 5.49 Å². The second-order valence-electron chi connectivity index (χ2n) is 8.41. The molecule has 1 aliphatic rings. The summed E-state index contributed by atoms with van der Waals surface area (Å²) in [6, 6.07) is 12.2. The van der Waals surface area contributed by atoms with E-state index in [4.69, 9.17) is 16.2 Å². The van der Waals surface area contributed by atoms with Gasteiger partial charge in [-0.3, -0.25) is 20.7 Å². The fourth-order valence-corrected chi connectivity index (χ4v) is 4.38. The van der Waals surface area contributed by atoms with E-state index >= 15 is 0 Å². The molecule has 2 aromatic heterocycles. The predicted octanol–water partition coefficient (Wildman–Crippen LogP) is 3.47. The number of thioether (sulfide) groups is 1. The van der Waals surface area contributed by atoms with Crippen LogP contribution in [0, 0.1) is 23.2 Å². The Kier molecular flexibility index (Phi) is 6.71. The molecule has 0 aliphatic carbocycles. The molecule has 4 N–H and O–H groups in total. The van der Waals surface area contributed by atoms with E-state index in [1.54, 1.807) is 18.3 Å². The molecule has 0 spiro atoms. The molecule has 3 heterocycles. The Morgan fingerprint density at radius 2 is 2.00 bits per heavy atom. The van der Waals surface area contributed by atoms with Crippen molar-refractivity contribution in [2.45, 2.75) is 37.8 Å². The highest BCUT2D eigenvalue weighted by Gasteiger charge is 2.27. The van der Waals surface area contributed by atoms with Crippen LogP contribution in [0.15, 0.2) is 53.7 Å². The first-order chi connectivity index (χ1) is 15.8. The molecular weight excluding hydrogens is 432 g/mol. The summed E-state index contributed by atoms with van der Waals surface area (Å²) in [5.74, 6) is 0. The van der Waals surface area contributed by atoms with Gasteiger partial charge in [0.2, 0.25) is 0 Å². The van der Waals surface area contributed by atoms with Crippen LogP contribution in [-0.2, 0) is 0 Å².